The zero-order chi connectivity index (χ0) is 12.8. The Morgan fingerprint density at radius 3 is 2.63 bits per heavy atom. The third kappa shape index (κ3) is 5.26. The van der Waals surface area contributed by atoms with E-state index >= 15 is 0 Å². The Hall–Kier alpha value is -0.360. The van der Waals surface area contributed by atoms with Crippen LogP contribution < -0.4 is 5.32 Å². The number of carbonyl (C=O) groups is 1. The minimum absolute atomic E-state index is 0. The SMILES string of the molecule is CN(CCC1CCOCC1)C(=O)C1COCCN1.Cl. The van der Waals surface area contributed by atoms with Gasteiger partial charge in [0, 0.05) is 33.4 Å². The first kappa shape index (κ1) is 16.7. The zero-order valence-electron chi connectivity index (χ0n) is 11.6. The molecule has 0 aliphatic carbocycles. The molecule has 2 aliphatic heterocycles. The van der Waals surface area contributed by atoms with E-state index in [9.17, 15) is 4.79 Å². The highest BCUT2D eigenvalue weighted by Crippen LogP contribution is 2.18. The third-order valence-corrected chi connectivity index (χ3v) is 3.81. The molecule has 0 radical (unpaired) electrons. The number of nitrogens with one attached hydrogen (secondary N) is 1. The molecule has 2 heterocycles. The summed E-state index contributed by atoms with van der Waals surface area (Å²) in [6, 6.07) is -0.154. The molecular formula is C13H25ClN2O3. The predicted molar refractivity (Wildman–Crippen MR) is 75.7 cm³/mol. The fraction of sp³-hybridized carbons (Fsp3) is 0.923. The number of morpholine rings is 1. The normalized spacial score (nSPS) is 24.6. The fourth-order valence-corrected chi connectivity index (χ4v) is 2.51. The largest absolute Gasteiger partial charge is 0.381 e. The van der Waals surface area contributed by atoms with E-state index in [0.29, 0.717) is 19.1 Å². The van der Waals surface area contributed by atoms with Crippen molar-refractivity contribution in [2.24, 2.45) is 5.92 Å². The molecular weight excluding hydrogens is 268 g/mol. The van der Waals surface area contributed by atoms with Gasteiger partial charge in [-0.15, -0.1) is 12.4 Å². The summed E-state index contributed by atoms with van der Waals surface area (Å²) in [5, 5.41) is 3.20. The van der Waals surface area contributed by atoms with E-state index in [4.69, 9.17) is 9.47 Å². The number of hydrogen-bond donors (Lipinski definition) is 1. The van der Waals surface area contributed by atoms with E-state index in [1.54, 1.807) is 0 Å². The van der Waals surface area contributed by atoms with Gasteiger partial charge in [0.15, 0.2) is 0 Å². The van der Waals surface area contributed by atoms with E-state index in [1.165, 1.54) is 0 Å². The second-order valence-corrected chi connectivity index (χ2v) is 5.19. The molecule has 2 aliphatic rings. The number of nitrogens with zero attached hydrogens (tertiary/aromatic N) is 1. The lowest BCUT2D eigenvalue weighted by Crippen LogP contribution is -2.51. The first-order valence-corrected chi connectivity index (χ1v) is 6.91. The highest BCUT2D eigenvalue weighted by atomic mass is 35.5. The van der Waals surface area contributed by atoms with Crippen molar-refractivity contribution in [1.29, 1.82) is 0 Å². The summed E-state index contributed by atoms with van der Waals surface area (Å²) in [5.74, 6) is 0.867. The van der Waals surface area contributed by atoms with Crippen LogP contribution in [0.1, 0.15) is 19.3 Å². The first-order valence-electron chi connectivity index (χ1n) is 6.91. The van der Waals surface area contributed by atoms with Crippen LogP contribution in [0.2, 0.25) is 0 Å². The van der Waals surface area contributed by atoms with Crippen molar-refractivity contribution >= 4 is 18.3 Å². The predicted octanol–water partition coefficient (Wildman–Crippen LogP) is 0.672. The van der Waals surface area contributed by atoms with Crippen LogP contribution in [0.3, 0.4) is 0 Å². The Labute approximate surface area is 121 Å². The molecule has 0 aromatic carbocycles. The van der Waals surface area contributed by atoms with Crippen molar-refractivity contribution in [1.82, 2.24) is 10.2 Å². The van der Waals surface area contributed by atoms with E-state index in [2.05, 4.69) is 5.32 Å². The van der Waals surface area contributed by atoms with Gasteiger partial charge in [-0.2, -0.15) is 0 Å². The van der Waals surface area contributed by atoms with E-state index < -0.39 is 0 Å². The molecule has 2 fully saturated rings. The van der Waals surface area contributed by atoms with E-state index in [1.807, 2.05) is 11.9 Å². The lowest BCUT2D eigenvalue weighted by Gasteiger charge is -2.29. The number of carbonyl (C=O) groups excluding carboxylic acids is 1. The minimum atomic E-state index is -0.154. The fourth-order valence-electron chi connectivity index (χ4n) is 2.51. The van der Waals surface area contributed by atoms with Crippen LogP contribution in [0.5, 0.6) is 0 Å². The lowest BCUT2D eigenvalue weighted by atomic mass is 9.96. The second kappa shape index (κ2) is 8.74. The van der Waals surface area contributed by atoms with Crippen LogP contribution in [0, 0.1) is 5.92 Å². The maximum Gasteiger partial charge on any atom is 0.241 e. The van der Waals surface area contributed by atoms with Crippen molar-refractivity contribution in [3.63, 3.8) is 0 Å². The maximum atomic E-state index is 12.1. The summed E-state index contributed by atoms with van der Waals surface area (Å²) < 4.78 is 10.7. The smallest absolute Gasteiger partial charge is 0.241 e. The Bertz CT molecular complexity index is 267. The summed E-state index contributed by atoms with van der Waals surface area (Å²) in [6.45, 7) is 4.56. The Balaban J connectivity index is 0.00000180. The van der Waals surface area contributed by atoms with Gasteiger partial charge in [0.05, 0.1) is 13.2 Å². The molecule has 2 rings (SSSR count). The Morgan fingerprint density at radius 2 is 2.00 bits per heavy atom. The molecule has 19 heavy (non-hydrogen) atoms. The summed E-state index contributed by atoms with van der Waals surface area (Å²) >= 11 is 0. The third-order valence-electron chi connectivity index (χ3n) is 3.81. The van der Waals surface area contributed by atoms with Crippen LogP contribution in [-0.2, 0) is 14.3 Å². The average Bonchev–Trinajstić information content (AvgIpc) is 2.46. The number of likely N-dealkylation sites (N-methyl/N-ethyl adjacent to an activating group) is 1. The molecule has 6 heteroatoms. The number of ether oxygens (including phenoxy) is 2. The number of hydrogen-bond acceptors (Lipinski definition) is 4. The van der Waals surface area contributed by atoms with Gasteiger partial charge in [0.2, 0.25) is 5.91 Å². The molecule has 0 bridgehead atoms. The van der Waals surface area contributed by atoms with Crippen LogP contribution in [0.15, 0.2) is 0 Å². The number of amides is 1. The lowest BCUT2D eigenvalue weighted by molar-refractivity contribution is -0.135. The van der Waals surface area contributed by atoms with Crippen LogP contribution >= 0.6 is 12.4 Å². The van der Waals surface area contributed by atoms with E-state index in [0.717, 1.165) is 45.6 Å². The summed E-state index contributed by atoms with van der Waals surface area (Å²) in [7, 11) is 1.89. The van der Waals surface area contributed by atoms with Crippen molar-refractivity contribution in [2.45, 2.75) is 25.3 Å². The summed E-state index contributed by atoms with van der Waals surface area (Å²) in [5.41, 5.74) is 0. The summed E-state index contributed by atoms with van der Waals surface area (Å²) in [4.78, 5) is 14.0. The average molecular weight is 293 g/mol. The molecule has 0 aromatic rings. The molecule has 0 aromatic heterocycles. The molecule has 1 unspecified atom stereocenters. The zero-order valence-corrected chi connectivity index (χ0v) is 12.4. The molecule has 0 saturated carbocycles. The Morgan fingerprint density at radius 1 is 1.26 bits per heavy atom. The van der Waals surface area contributed by atoms with Gasteiger partial charge < -0.3 is 19.7 Å². The molecule has 1 N–H and O–H groups in total. The number of rotatable bonds is 4. The standard InChI is InChI=1S/C13H24N2O3.ClH/c1-15(6-2-11-3-7-17-8-4-11)13(16)12-10-18-9-5-14-12;/h11-12,14H,2-10H2,1H3;1H. The quantitative estimate of drug-likeness (QED) is 0.828. The van der Waals surface area contributed by atoms with Gasteiger partial charge in [0.1, 0.15) is 6.04 Å². The molecule has 1 amide bonds. The second-order valence-electron chi connectivity index (χ2n) is 5.19. The van der Waals surface area contributed by atoms with Crippen LogP contribution in [-0.4, -0.2) is 63.4 Å². The molecule has 0 spiro atoms. The summed E-state index contributed by atoms with van der Waals surface area (Å²) in [6.07, 6.45) is 3.35. The van der Waals surface area contributed by atoms with Gasteiger partial charge in [0.25, 0.3) is 0 Å². The molecule has 1 atom stereocenters. The first-order chi connectivity index (χ1) is 8.77. The van der Waals surface area contributed by atoms with Gasteiger partial charge in [-0.05, 0) is 25.2 Å². The molecule has 112 valence electrons. The van der Waals surface area contributed by atoms with E-state index in [-0.39, 0.29) is 24.4 Å². The van der Waals surface area contributed by atoms with Crippen molar-refractivity contribution in [2.75, 3.05) is 46.6 Å². The molecule has 5 nitrogen and oxygen atoms in total. The van der Waals surface area contributed by atoms with Gasteiger partial charge in [-0.3, -0.25) is 4.79 Å². The Kier molecular flexibility index (Phi) is 7.68. The van der Waals surface area contributed by atoms with Crippen molar-refractivity contribution < 1.29 is 14.3 Å². The van der Waals surface area contributed by atoms with Gasteiger partial charge in [-0.25, -0.2) is 0 Å². The topological polar surface area (TPSA) is 50.8 Å². The molecule has 2 saturated heterocycles. The maximum absolute atomic E-state index is 12.1. The van der Waals surface area contributed by atoms with Gasteiger partial charge in [-0.1, -0.05) is 0 Å². The van der Waals surface area contributed by atoms with Crippen LogP contribution in [0.4, 0.5) is 0 Å². The number of halogens is 1. The van der Waals surface area contributed by atoms with Crippen molar-refractivity contribution in [3.8, 4) is 0 Å². The van der Waals surface area contributed by atoms with Crippen molar-refractivity contribution in [3.05, 3.63) is 0 Å². The highest BCUT2D eigenvalue weighted by Gasteiger charge is 2.24. The van der Waals surface area contributed by atoms with Crippen LogP contribution in [0.25, 0.3) is 0 Å². The minimum Gasteiger partial charge on any atom is -0.381 e. The monoisotopic (exact) mass is 292 g/mol. The van der Waals surface area contributed by atoms with Gasteiger partial charge >= 0.3 is 0 Å². The highest BCUT2D eigenvalue weighted by molar-refractivity contribution is 5.85.